The molecule has 0 bridgehead atoms. The normalized spacial score (nSPS) is 21.2. The van der Waals surface area contributed by atoms with Crippen molar-refractivity contribution in [2.75, 3.05) is 13.1 Å². The van der Waals surface area contributed by atoms with Crippen LogP contribution in [-0.2, 0) is 16.0 Å². The topological polar surface area (TPSA) is 53.0 Å². The summed E-state index contributed by atoms with van der Waals surface area (Å²) in [6, 6.07) is 5.02. The molecule has 1 saturated heterocycles. The van der Waals surface area contributed by atoms with Gasteiger partial charge >= 0.3 is 0 Å². The lowest BCUT2D eigenvalue weighted by Gasteiger charge is -2.28. The summed E-state index contributed by atoms with van der Waals surface area (Å²) in [5.74, 6) is 0.293. The minimum Gasteiger partial charge on any atom is -0.332 e. The minimum atomic E-state index is -0.125. The van der Waals surface area contributed by atoms with Crippen LogP contribution >= 0.6 is 39.1 Å². The zero-order valence-electron chi connectivity index (χ0n) is 17.4. The zero-order chi connectivity index (χ0) is 21.8. The first kappa shape index (κ1) is 23.6. The van der Waals surface area contributed by atoms with E-state index in [0.29, 0.717) is 27.8 Å². The number of hydrazone groups is 1. The van der Waals surface area contributed by atoms with E-state index in [-0.39, 0.29) is 30.2 Å². The summed E-state index contributed by atoms with van der Waals surface area (Å²) in [5, 5.41) is 7.32. The van der Waals surface area contributed by atoms with E-state index >= 15 is 0 Å². The van der Waals surface area contributed by atoms with Crippen molar-refractivity contribution in [3.05, 3.63) is 33.8 Å². The Kier molecular flexibility index (Phi) is 8.22. The predicted octanol–water partition coefficient (Wildman–Crippen LogP) is 5.31. The fourth-order valence-corrected chi connectivity index (χ4v) is 4.92. The average molecular weight is 517 g/mol. The molecule has 0 saturated carbocycles. The van der Waals surface area contributed by atoms with Crippen LogP contribution in [0, 0.1) is 5.92 Å². The number of nitrogens with zero attached hydrogens (tertiary/aromatic N) is 3. The number of halogens is 3. The standard InChI is InChI=1S/C22H28BrCl2N3O2/c1-3-15(7-6-14(2)23)22-19(27-10-4-5-20(27)29)13-28(26-22)21(30)11-16-8-9-17(24)12-18(16)25/h8-9,12,14-15,19H,3-7,10-11,13H2,1-2H3. The van der Waals surface area contributed by atoms with Crippen LogP contribution in [0.25, 0.3) is 0 Å². The van der Waals surface area contributed by atoms with Crippen molar-refractivity contribution >= 4 is 56.7 Å². The van der Waals surface area contributed by atoms with Gasteiger partial charge < -0.3 is 4.90 Å². The van der Waals surface area contributed by atoms with Gasteiger partial charge in [-0.1, -0.05) is 59.0 Å². The van der Waals surface area contributed by atoms with Gasteiger partial charge in [0.15, 0.2) is 0 Å². The fraction of sp³-hybridized carbons (Fsp3) is 0.591. The van der Waals surface area contributed by atoms with Gasteiger partial charge in [-0.3, -0.25) is 9.59 Å². The molecule has 0 aromatic heterocycles. The Morgan fingerprint density at radius 2 is 2.10 bits per heavy atom. The van der Waals surface area contributed by atoms with Gasteiger partial charge in [0.25, 0.3) is 0 Å². The molecule has 2 aliphatic rings. The second-order valence-electron chi connectivity index (χ2n) is 8.08. The molecule has 1 aromatic carbocycles. The van der Waals surface area contributed by atoms with Crippen LogP contribution in [0.3, 0.4) is 0 Å². The largest absolute Gasteiger partial charge is 0.332 e. The molecule has 0 radical (unpaired) electrons. The Morgan fingerprint density at radius 1 is 1.33 bits per heavy atom. The first-order valence-corrected chi connectivity index (χ1v) is 12.2. The molecule has 3 atom stereocenters. The Balaban J connectivity index is 1.81. The molecule has 3 rings (SSSR count). The van der Waals surface area contributed by atoms with Gasteiger partial charge in [0, 0.05) is 33.8 Å². The third-order valence-electron chi connectivity index (χ3n) is 5.88. The molecule has 5 nitrogen and oxygen atoms in total. The number of carbonyl (C=O) groups excluding carboxylic acids is 2. The third kappa shape index (κ3) is 5.57. The molecule has 1 aromatic rings. The Hall–Kier alpha value is -1.11. The molecule has 2 amide bonds. The molecule has 2 heterocycles. The molecular formula is C22H28BrCl2N3O2. The van der Waals surface area contributed by atoms with Crippen LogP contribution < -0.4 is 0 Å². The monoisotopic (exact) mass is 515 g/mol. The van der Waals surface area contributed by atoms with Gasteiger partial charge in [-0.05, 0) is 43.4 Å². The predicted molar refractivity (Wildman–Crippen MR) is 125 cm³/mol. The van der Waals surface area contributed by atoms with Gasteiger partial charge in [0.1, 0.15) is 0 Å². The van der Waals surface area contributed by atoms with Crippen molar-refractivity contribution in [1.29, 1.82) is 0 Å². The van der Waals surface area contributed by atoms with Crippen LogP contribution in [0.1, 0.15) is 51.5 Å². The number of likely N-dealkylation sites (tertiary alicyclic amines) is 1. The smallest absolute Gasteiger partial charge is 0.247 e. The highest BCUT2D eigenvalue weighted by Gasteiger charge is 2.40. The van der Waals surface area contributed by atoms with Crippen LogP contribution in [0.5, 0.6) is 0 Å². The van der Waals surface area contributed by atoms with Gasteiger partial charge in [-0.2, -0.15) is 5.10 Å². The van der Waals surface area contributed by atoms with Crippen molar-refractivity contribution in [2.24, 2.45) is 11.0 Å². The lowest BCUT2D eigenvalue weighted by molar-refractivity contribution is -0.133. The van der Waals surface area contributed by atoms with Crippen molar-refractivity contribution in [2.45, 2.75) is 63.2 Å². The number of amides is 2. The minimum absolute atomic E-state index is 0.116. The first-order chi connectivity index (χ1) is 14.3. The van der Waals surface area contributed by atoms with E-state index in [1.54, 1.807) is 18.2 Å². The van der Waals surface area contributed by atoms with Crippen LogP contribution in [0.15, 0.2) is 23.3 Å². The SMILES string of the molecule is CCC(CCC(C)Br)C1=NN(C(=O)Cc2ccc(Cl)cc2Cl)CC1N1CCCC1=O. The van der Waals surface area contributed by atoms with E-state index in [1.807, 2.05) is 4.90 Å². The lowest BCUT2D eigenvalue weighted by Crippen LogP contribution is -2.46. The molecule has 8 heteroatoms. The van der Waals surface area contributed by atoms with Crippen molar-refractivity contribution in [3.63, 3.8) is 0 Å². The summed E-state index contributed by atoms with van der Waals surface area (Å²) in [4.78, 5) is 27.8. The van der Waals surface area contributed by atoms with Crippen LogP contribution in [0.4, 0.5) is 0 Å². The maximum atomic E-state index is 13.0. The molecule has 0 N–H and O–H groups in total. The molecule has 30 heavy (non-hydrogen) atoms. The Morgan fingerprint density at radius 3 is 2.70 bits per heavy atom. The molecule has 0 aliphatic carbocycles. The zero-order valence-corrected chi connectivity index (χ0v) is 20.5. The summed E-state index contributed by atoms with van der Waals surface area (Å²) in [6.07, 6.45) is 4.53. The van der Waals surface area contributed by atoms with Crippen LogP contribution in [0.2, 0.25) is 10.0 Å². The Bertz CT molecular complexity index is 831. The van der Waals surface area contributed by atoms with E-state index in [2.05, 4.69) is 29.8 Å². The average Bonchev–Trinajstić information content (AvgIpc) is 3.30. The molecule has 0 spiro atoms. The highest BCUT2D eigenvalue weighted by Crippen LogP contribution is 2.29. The number of hydrogen-bond acceptors (Lipinski definition) is 3. The molecule has 164 valence electrons. The number of benzene rings is 1. The molecule has 2 aliphatic heterocycles. The fourth-order valence-electron chi connectivity index (χ4n) is 4.18. The maximum absolute atomic E-state index is 13.0. The number of hydrogen-bond donors (Lipinski definition) is 0. The highest BCUT2D eigenvalue weighted by atomic mass is 79.9. The quantitative estimate of drug-likeness (QED) is 0.439. The van der Waals surface area contributed by atoms with Gasteiger partial charge in [0.2, 0.25) is 11.8 Å². The molecule has 1 fully saturated rings. The first-order valence-electron chi connectivity index (χ1n) is 10.6. The second kappa shape index (κ2) is 10.5. The lowest BCUT2D eigenvalue weighted by atomic mass is 9.89. The summed E-state index contributed by atoms with van der Waals surface area (Å²) in [7, 11) is 0. The van der Waals surface area contributed by atoms with Crippen LogP contribution in [-0.4, -0.2) is 51.4 Å². The maximum Gasteiger partial charge on any atom is 0.247 e. The van der Waals surface area contributed by atoms with Crippen molar-refractivity contribution in [1.82, 2.24) is 9.91 Å². The Labute approximate surface area is 196 Å². The summed E-state index contributed by atoms with van der Waals surface area (Å²) in [6.45, 7) is 5.44. The summed E-state index contributed by atoms with van der Waals surface area (Å²) in [5.41, 5.74) is 1.69. The summed E-state index contributed by atoms with van der Waals surface area (Å²) < 4.78 is 0. The number of carbonyl (C=O) groups is 2. The second-order valence-corrected chi connectivity index (χ2v) is 10.5. The van der Waals surface area contributed by atoms with E-state index in [4.69, 9.17) is 28.3 Å². The van der Waals surface area contributed by atoms with Gasteiger partial charge in [-0.25, -0.2) is 5.01 Å². The third-order valence-corrected chi connectivity index (χ3v) is 6.92. The summed E-state index contributed by atoms with van der Waals surface area (Å²) >= 11 is 15.8. The highest BCUT2D eigenvalue weighted by molar-refractivity contribution is 9.09. The number of alkyl halides is 1. The van der Waals surface area contributed by atoms with E-state index in [1.165, 1.54) is 5.01 Å². The van der Waals surface area contributed by atoms with Gasteiger partial charge in [0.05, 0.1) is 24.7 Å². The van der Waals surface area contributed by atoms with E-state index in [9.17, 15) is 9.59 Å². The van der Waals surface area contributed by atoms with Crippen molar-refractivity contribution < 1.29 is 9.59 Å². The molecular weight excluding hydrogens is 489 g/mol. The number of rotatable bonds is 8. The van der Waals surface area contributed by atoms with Gasteiger partial charge in [-0.15, -0.1) is 0 Å². The van der Waals surface area contributed by atoms with E-state index in [0.717, 1.165) is 43.5 Å². The molecule has 3 unspecified atom stereocenters. The van der Waals surface area contributed by atoms with E-state index < -0.39 is 0 Å². The van der Waals surface area contributed by atoms with Crippen molar-refractivity contribution in [3.8, 4) is 0 Å².